The first-order chi connectivity index (χ1) is 11.3. The van der Waals surface area contributed by atoms with Crippen LogP contribution in [0.15, 0.2) is 24.3 Å². The van der Waals surface area contributed by atoms with Crippen LogP contribution in [0, 0.1) is 5.92 Å². The van der Waals surface area contributed by atoms with Gasteiger partial charge in [0.1, 0.15) is 0 Å². The number of alkyl halides is 3. The van der Waals surface area contributed by atoms with Gasteiger partial charge in [-0.1, -0.05) is 0 Å². The Bertz CT molecular complexity index is 599. The molecule has 2 fully saturated rings. The van der Waals surface area contributed by atoms with Crippen molar-refractivity contribution in [2.75, 3.05) is 25.0 Å². The SMILES string of the molecule is CN(CC(O)C1CC1)C1CCN(c2ccc(C(F)(F)F)cc2)C1=O. The molecule has 0 aromatic heterocycles. The van der Waals surface area contributed by atoms with E-state index in [0.29, 0.717) is 31.1 Å². The lowest BCUT2D eigenvalue weighted by atomic mass is 10.1. The second kappa shape index (κ2) is 6.37. The zero-order chi connectivity index (χ0) is 17.5. The summed E-state index contributed by atoms with van der Waals surface area (Å²) >= 11 is 0. The molecular formula is C17H21F3N2O2. The van der Waals surface area contributed by atoms with Crippen molar-refractivity contribution < 1.29 is 23.1 Å². The molecule has 0 radical (unpaired) electrons. The van der Waals surface area contributed by atoms with Gasteiger partial charge in [0, 0.05) is 18.8 Å². The molecule has 2 aliphatic rings. The molecule has 24 heavy (non-hydrogen) atoms. The van der Waals surface area contributed by atoms with Crippen molar-refractivity contribution in [2.45, 2.75) is 37.6 Å². The Kier molecular flexibility index (Phi) is 4.57. The molecule has 2 unspecified atom stereocenters. The van der Waals surface area contributed by atoms with E-state index in [1.807, 2.05) is 11.9 Å². The molecule has 132 valence electrons. The topological polar surface area (TPSA) is 43.8 Å². The minimum Gasteiger partial charge on any atom is -0.392 e. The predicted molar refractivity (Wildman–Crippen MR) is 83.6 cm³/mol. The number of rotatable bonds is 5. The van der Waals surface area contributed by atoms with E-state index in [1.54, 1.807) is 0 Å². The van der Waals surface area contributed by atoms with Crippen LogP contribution in [-0.4, -0.2) is 48.2 Å². The van der Waals surface area contributed by atoms with Crippen molar-refractivity contribution in [3.8, 4) is 0 Å². The molecule has 1 N–H and O–H groups in total. The largest absolute Gasteiger partial charge is 0.416 e. The monoisotopic (exact) mass is 342 g/mol. The number of benzene rings is 1. The summed E-state index contributed by atoms with van der Waals surface area (Å²) in [4.78, 5) is 16.0. The number of aliphatic hydroxyl groups is 1. The fourth-order valence-corrected chi connectivity index (χ4v) is 3.21. The summed E-state index contributed by atoms with van der Waals surface area (Å²) in [6.45, 7) is 0.917. The smallest absolute Gasteiger partial charge is 0.392 e. The number of anilines is 1. The van der Waals surface area contributed by atoms with Crippen molar-refractivity contribution in [3.05, 3.63) is 29.8 Å². The average Bonchev–Trinajstić information content (AvgIpc) is 3.29. The molecule has 1 aliphatic heterocycles. The van der Waals surface area contributed by atoms with Crippen LogP contribution in [0.4, 0.5) is 18.9 Å². The maximum atomic E-state index is 12.6. The van der Waals surface area contributed by atoms with E-state index in [2.05, 4.69) is 0 Å². The number of hydrogen-bond acceptors (Lipinski definition) is 3. The fraction of sp³-hybridized carbons (Fsp3) is 0.588. The maximum absolute atomic E-state index is 12.6. The van der Waals surface area contributed by atoms with E-state index in [1.165, 1.54) is 17.0 Å². The van der Waals surface area contributed by atoms with E-state index < -0.39 is 17.8 Å². The number of nitrogens with zero attached hydrogens (tertiary/aromatic N) is 2. The van der Waals surface area contributed by atoms with E-state index in [0.717, 1.165) is 25.0 Å². The number of aliphatic hydroxyl groups excluding tert-OH is 1. The van der Waals surface area contributed by atoms with Crippen LogP contribution in [0.5, 0.6) is 0 Å². The summed E-state index contributed by atoms with van der Waals surface area (Å²) in [7, 11) is 1.81. The normalized spacial score (nSPS) is 23.2. The van der Waals surface area contributed by atoms with Gasteiger partial charge in [-0.25, -0.2) is 0 Å². The lowest BCUT2D eigenvalue weighted by molar-refractivity contribution is -0.137. The number of hydrogen-bond donors (Lipinski definition) is 1. The quantitative estimate of drug-likeness (QED) is 0.894. The van der Waals surface area contributed by atoms with Gasteiger partial charge in [0.25, 0.3) is 0 Å². The number of likely N-dealkylation sites (N-methyl/N-ethyl adjacent to an activating group) is 1. The summed E-state index contributed by atoms with van der Waals surface area (Å²) < 4.78 is 37.9. The molecule has 1 aliphatic carbocycles. The molecule has 4 nitrogen and oxygen atoms in total. The third-order valence-electron chi connectivity index (χ3n) is 4.86. The van der Waals surface area contributed by atoms with Gasteiger partial charge in [-0.15, -0.1) is 0 Å². The Balaban J connectivity index is 1.65. The molecule has 1 heterocycles. The molecule has 7 heteroatoms. The first-order valence-electron chi connectivity index (χ1n) is 8.14. The van der Waals surface area contributed by atoms with Gasteiger partial charge in [0.05, 0.1) is 17.7 Å². The van der Waals surface area contributed by atoms with Gasteiger partial charge in [-0.05, 0) is 56.5 Å². The Morgan fingerprint density at radius 3 is 2.42 bits per heavy atom. The molecule has 1 aromatic carbocycles. The van der Waals surface area contributed by atoms with E-state index >= 15 is 0 Å². The van der Waals surface area contributed by atoms with Crippen LogP contribution >= 0.6 is 0 Å². The van der Waals surface area contributed by atoms with E-state index in [4.69, 9.17) is 0 Å². The maximum Gasteiger partial charge on any atom is 0.416 e. The molecule has 1 saturated heterocycles. The van der Waals surface area contributed by atoms with Crippen LogP contribution in [-0.2, 0) is 11.0 Å². The van der Waals surface area contributed by atoms with Crippen LogP contribution in [0.1, 0.15) is 24.8 Å². The minimum atomic E-state index is -4.38. The third-order valence-corrected chi connectivity index (χ3v) is 4.86. The first kappa shape index (κ1) is 17.2. The van der Waals surface area contributed by atoms with Crippen molar-refractivity contribution in [1.82, 2.24) is 4.90 Å². The lowest BCUT2D eigenvalue weighted by Crippen LogP contribution is -2.43. The number of carbonyl (C=O) groups excluding carboxylic acids is 1. The number of carbonyl (C=O) groups is 1. The van der Waals surface area contributed by atoms with Crippen LogP contribution in [0.25, 0.3) is 0 Å². The molecule has 3 rings (SSSR count). The van der Waals surface area contributed by atoms with Gasteiger partial charge < -0.3 is 10.0 Å². The molecule has 1 amide bonds. The standard InChI is InChI=1S/C17H21F3N2O2/c1-21(10-15(23)11-2-3-11)14-8-9-22(16(14)24)13-6-4-12(5-7-13)17(18,19)20/h4-7,11,14-15,23H,2-3,8-10H2,1H3. The highest BCUT2D eigenvalue weighted by Gasteiger charge is 2.38. The first-order valence-corrected chi connectivity index (χ1v) is 8.14. The number of amides is 1. The molecule has 0 spiro atoms. The van der Waals surface area contributed by atoms with Gasteiger partial charge in [-0.2, -0.15) is 13.2 Å². The van der Waals surface area contributed by atoms with E-state index in [9.17, 15) is 23.1 Å². The zero-order valence-corrected chi connectivity index (χ0v) is 13.5. The van der Waals surface area contributed by atoms with Gasteiger partial charge in [-0.3, -0.25) is 9.69 Å². The van der Waals surface area contributed by atoms with Gasteiger partial charge in [0.15, 0.2) is 0 Å². The van der Waals surface area contributed by atoms with Crippen molar-refractivity contribution in [2.24, 2.45) is 5.92 Å². The zero-order valence-electron chi connectivity index (χ0n) is 13.5. The molecule has 2 atom stereocenters. The Morgan fingerprint density at radius 2 is 1.88 bits per heavy atom. The molecule has 0 bridgehead atoms. The van der Waals surface area contributed by atoms with Crippen molar-refractivity contribution in [3.63, 3.8) is 0 Å². The molecule has 1 aromatic rings. The summed E-state index contributed by atoms with van der Waals surface area (Å²) in [5, 5.41) is 10.0. The van der Waals surface area contributed by atoms with Crippen molar-refractivity contribution >= 4 is 11.6 Å². The second-order valence-electron chi connectivity index (χ2n) is 6.68. The minimum absolute atomic E-state index is 0.125. The second-order valence-corrected chi connectivity index (χ2v) is 6.68. The average molecular weight is 342 g/mol. The summed E-state index contributed by atoms with van der Waals surface area (Å²) in [6.07, 6.45) is -2.12. The lowest BCUT2D eigenvalue weighted by Gasteiger charge is -2.26. The summed E-state index contributed by atoms with van der Waals surface area (Å²) in [5.74, 6) is 0.218. The van der Waals surface area contributed by atoms with Gasteiger partial charge >= 0.3 is 6.18 Å². The highest BCUT2D eigenvalue weighted by Crippen LogP contribution is 2.34. The van der Waals surface area contributed by atoms with Crippen LogP contribution in [0.3, 0.4) is 0 Å². The predicted octanol–water partition coefficient (Wildman–Crippen LogP) is 2.51. The van der Waals surface area contributed by atoms with Crippen LogP contribution in [0.2, 0.25) is 0 Å². The highest BCUT2D eigenvalue weighted by atomic mass is 19.4. The highest BCUT2D eigenvalue weighted by molar-refractivity contribution is 5.99. The van der Waals surface area contributed by atoms with Crippen LogP contribution < -0.4 is 4.90 Å². The Morgan fingerprint density at radius 1 is 1.25 bits per heavy atom. The summed E-state index contributed by atoms with van der Waals surface area (Å²) in [5.41, 5.74) is -0.245. The van der Waals surface area contributed by atoms with Gasteiger partial charge in [0.2, 0.25) is 5.91 Å². The Hall–Kier alpha value is -1.60. The summed E-state index contributed by atoms with van der Waals surface area (Å²) in [6, 6.07) is 4.33. The third kappa shape index (κ3) is 3.57. The van der Waals surface area contributed by atoms with Crippen molar-refractivity contribution in [1.29, 1.82) is 0 Å². The van der Waals surface area contributed by atoms with E-state index in [-0.39, 0.29) is 11.9 Å². The molecule has 1 saturated carbocycles. The fourth-order valence-electron chi connectivity index (χ4n) is 3.21. The molecular weight excluding hydrogens is 321 g/mol. The Labute approximate surface area is 138 Å². The number of halogens is 3.